The number of ether oxygens (including phenoxy) is 1. The van der Waals surface area contributed by atoms with Crippen LogP contribution in [0.2, 0.25) is 0 Å². The van der Waals surface area contributed by atoms with Gasteiger partial charge in [-0.3, -0.25) is 9.59 Å². The third kappa shape index (κ3) is 5.98. The standard InChI is InChI=1S/C13H15F3N2O4/c1-18(7-3-5-10(19)20)12(21)9-4-2-6-17-11(9)22-8-13(14,15)16/h2,4,6H,3,5,7-8H2,1H3,(H,19,20). The second kappa shape index (κ2) is 7.62. The number of carbonyl (C=O) groups is 2. The van der Waals surface area contributed by atoms with Gasteiger partial charge < -0.3 is 14.7 Å². The van der Waals surface area contributed by atoms with Crippen LogP contribution in [0.4, 0.5) is 13.2 Å². The van der Waals surface area contributed by atoms with Crippen LogP contribution in [0, 0.1) is 0 Å². The number of halogens is 3. The van der Waals surface area contributed by atoms with Crippen molar-refractivity contribution in [2.45, 2.75) is 19.0 Å². The van der Waals surface area contributed by atoms with Gasteiger partial charge in [-0.25, -0.2) is 4.98 Å². The molecule has 9 heteroatoms. The minimum absolute atomic E-state index is 0.107. The molecule has 0 atom stereocenters. The molecule has 0 radical (unpaired) electrons. The van der Waals surface area contributed by atoms with E-state index in [0.717, 1.165) is 0 Å². The Morgan fingerprint density at radius 2 is 2.09 bits per heavy atom. The van der Waals surface area contributed by atoms with Gasteiger partial charge in [0.15, 0.2) is 6.61 Å². The van der Waals surface area contributed by atoms with Crippen molar-refractivity contribution in [3.63, 3.8) is 0 Å². The van der Waals surface area contributed by atoms with Crippen molar-refractivity contribution in [3.8, 4) is 5.88 Å². The Kier molecular flexibility index (Phi) is 6.14. The fourth-order valence-electron chi connectivity index (χ4n) is 1.59. The van der Waals surface area contributed by atoms with Crippen molar-refractivity contribution >= 4 is 11.9 Å². The molecule has 1 aromatic rings. The number of pyridine rings is 1. The lowest BCUT2D eigenvalue weighted by Crippen LogP contribution is -2.29. The number of amides is 1. The van der Waals surface area contributed by atoms with Crippen LogP contribution in [0.5, 0.6) is 5.88 Å². The van der Waals surface area contributed by atoms with Crippen LogP contribution >= 0.6 is 0 Å². The Morgan fingerprint density at radius 3 is 2.68 bits per heavy atom. The average Bonchev–Trinajstić information content (AvgIpc) is 2.43. The van der Waals surface area contributed by atoms with Gasteiger partial charge in [0.25, 0.3) is 5.91 Å². The molecule has 0 fully saturated rings. The summed E-state index contributed by atoms with van der Waals surface area (Å²) in [5.74, 6) is -1.98. The fraction of sp³-hybridized carbons (Fsp3) is 0.462. The van der Waals surface area contributed by atoms with Gasteiger partial charge in [-0.05, 0) is 18.6 Å². The maximum atomic E-state index is 12.2. The Bertz CT molecular complexity index is 534. The molecule has 0 aliphatic carbocycles. The smallest absolute Gasteiger partial charge is 0.422 e. The highest BCUT2D eigenvalue weighted by Crippen LogP contribution is 2.21. The first kappa shape index (κ1) is 17.7. The summed E-state index contributed by atoms with van der Waals surface area (Å²) < 4.78 is 41.1. The SMILES string of the molecule is CN(CCCC(=O)O)C(=O)c1cccnc1OCC(F)(F)F. The summed E-state index contributed by atoms with van der Waals surface area (Å²) >= 11 is 0. The molecule has 22 heavy (non-hydrogen) atoms. The van der Waals surface area contributed by atoms with Gasteiger partial charge in [-0.2, -0.15) is 13.2 Å². The summed E-state index contributed by atoms with van der Waals surface area (Å²) in [5, 5.41) is 8.53. The van der Waals surface area contributed by atoms with Crippen molar-refractivity contribution in [2.24, 2.45) is 0 Å². The van der Waals surface area contributed by atoms with E-state index in [4.69, 9.17) is 5.11 Å². The van der Waals surface area contributed by atoms with Crippen molar-refractivity contribution < 1.29 is 32.6 Å². The number of carboxylic acid groups (broad SMARTS) is 1. The predicted molar refractivity (Wildman–Crippen MR) is 69.6 cm³/mol. The summed E-state index contributed by atoms with van der Waals surface area (Å²) in [6, 6.07) is 2.70. The second-order valence-electron chi connectivity index (χ2n) is 4.48. The number of hydrogen-bond donors (Lipinski definition) is 1. The van der Waals surface area contributed by atoms with E-state index < -0.39 is 30.5 Å². The Labute approximate surface area is 124 Å². The lowest BCUT2D eigenvalue weighted by molar-refractivity contribution is -0.154. The molecule has 1 N–H and O–H groups in total. The number of hydrogen-bond acceptors (Lipinski definition) is 4. The van der Waals surface area contributed by atoms with Crippen LogP contribution < -0.4 is 4.74 Å². The van der Waals surface area contributed by atoms with Crippen molar-refractivity contribution in [2.75, 3.05) is 20.2 Å². The van der Waals surface area contributed by atoms with E-state index >= 15 is 0 Å². The molecule has 1 rings (SSSR count). The van der Waals surface area contributed by atoms with E-state index in [1.165, 1.54) is 30.3 Å². The van der Waals surface area contributed by atoms with E-state index in [-0.39, 0.29) is 24.9 Å². The van der Waals surface area contributed by atoms with Crippen LogP contribution in [-0.4, -0.2) is 53.2 Å². The minimum Gasteiger partial charge on any atom is -0.481 e. The summed E-state index contributed by atoms with van der Waals surface area (Å²) in [6.45, 7) is -1.40. The molecular weight excluding hydrogens is 305 g/mol. The van der Waals surface area contributed by atoms with Gasteiger partial charge in [0.05, 0.1) is 0 Å². The largest absolute Gasteiger partial charge is 0.481 e. The van der Waals surface area contributed by atoms with Gasteiger partial charge in [0, 0.05) is 26.2 Å². The first-order valence-electron chi connectivity index (χ1n) is 6.32. The Balaban J connectivity index is 2.73. The highest BCUT2D eigenvalue weighted by atomic mass is 19.4. The summed E-state index contributed by atoms with van der Waals surface area (Å²) in [7, 11) is 1.42. The highest BCUT2D eigenvalue weighted by Gasteiger charge is 2.30. The third-order valence-electron chi connectivity index (χ3n) is 2.60. The minimum atomic E-state index is -4.54. The number of carboxylic acids is 1. The van der Waals surface area contributed by atoms with Gasteiger partial charge >= 0.3 is 12.1 Å². The number of nitrogens with zero attached hydrogens (tertiary/aromatic N) is 2. The molecule has 1 heterocycles. The van der Waals surface area contributed by atoms with E-state index in [1.807, 2.05) is 0 Å². The molecule has 0 saturated heterocycles. The molecule has 0 bridgehead atoms. The average molecular weight is 320 g/mol. The molecule has 0 saturated carbocycles. The molecule has 0 spiro atoms. The highest BCUT2D eigenvalue weighted by molar-refractivity contribution is 5.96. The number of alkyl halides is 3. The number of aromatic nitrogens is 1. The Hall–Kier alpha value is -2.32. The van der Waals surface area contributed by atoms with Gasteiger partial charge in [0.2, 0.25) is 5.88 Å². The van der Waals surface area contributed by atoms with Gasteiger partial charge in [0.1, 0.15) is 5.56 Å². The molecule has 0 aliphatic heterocycles. The van der Waals surface area contributed by atoms with Crippen LogP contribution in [0.15, 0.2) is 18.3 Å². The van der Waals surface area contributed by atoms with E-state index in [1.54, 1.807) is 0 Å². The first-order valence-corrected chi connectivity index (χ1v) is 6.32. The zero-order chi connectivity index (χ0) is 16.8. The zero-order valence-electron chi connectivity index (χ0n) is 11.8. The van der Waals surface area contributed by atoms with Crippen LogP contribution in [0.1, 0.15) is 23.2 Å². The van der Waals surface area contributed by atoms with Gasteiger partial charge in [-0.15, -0.1) is 0 Å². The molecule has 1 amide bonds. The maximum Gasteiger partial charge on any atom is 0.422 e. The second-order valence-corrected chi connectivity index (χ2v) is 4.48. The van der Waals surface area contributed by atoms with Crippen LogP contribution in [0.25, 0.3) is 0 Å². The summed E-state index contributed by atoms with van der Waals surface area (Å²) in [5.41, 5.74) is -0.107. The van der Waals surface area contributed by atoms with Gasteiger partial charge in [-0.1, -0.05) is 0 Å². The van der Waals surface area contributed by atoms with Crippen LogP contribution in [0.3, 0.4) is 0 Å². The maximum absolute atomic E-state index is 12.2. The summed E-state index contributed by atoms with van der Waals surface area (Å²) in [4.78, 5) is 27.4. The molecule has 1 aromatic heterocycles. The van der Waals surface area contributed by atoms with E-state index in [0.29, 0.717) is 0 Å². The third-order valence-corrected chi connectivity index (χ3v) is 2.60. The quantitative estimate of drug-likeness (QED) is 0.831. The molecule has 0 unspecified atom stereocenters. The molecule has 0 aliphatic rings. The first-order chi connectivity index (χ1) is 10.2. The van der Waals surface area contributed by atoms with Crippen LogP contribution in [-0.2, 0) is 4.79 Å². The van der Waals surface area contributed by atoms with E-state index in [9.17, 15) is 22.8 Å². The monoisotopic (exact) mass is 320 g/mol. The zero-order valence-corrected chi connectivity index (χ0v) is 11.8. The normalized spacial score (nSPS) is 11.1. The van der Waals surface area contributed by atoms with E-state index in [2.05, 4.69) is 9.72 Å². The lowest BCUT2D eigenvalue weighted by atomic mass is 10.2. The Morgan fingerprint density at radius 1 is 1.41 bits per heavy atom. The van der Waals surface area contributed by atoms with Crippen molar-refractivity contribution in [1.82, 2.24) is 9.88 Å². The topological polar surface area (TPSA) is 79.7 Å². The predicted octanol–water partition coefficient (Wildman–Crippen LogP) is 1.96. The molecular formula is C13H15F3N2O4. The van der Waals surface area contributed by atoms with Crippen molar-refractivity contribution in [1.29, 1.82) is 0 Å². The number of rotatable bonds is 7. The lowest BCUT2D eigenvalue weighted by Gasteiger charge is -2.18. The molecule has 6 nitrogen and oxygen atoms in total. The number of aliphatic carboxylic acids is 1. The number of carbonyl (C=O) groups excluding carboxylic acids is 1. The molecule has 0 aromatic carbocycles. The molecule has 122 valence electrons. The fourth-order valence-corrected chi connectivity index (χ4v) is 1.59. The van der Waals surface area contributed by atoms with Crippen molar-refractivity contribution in [3.05, 3.63) is 23.9 Å². The summed E-state index contributed by atoms with van der Waals surface area (Å²) in [6.07, 6.45) is -3.20.